The first-order valence-corrected chi connectivity index (χ1v) is 12.2. The van der Waals surface area contributed by atoms with Crippen LogP contribution in [0, 0.1) is 6.92 Å². The number of benzene rings is 3. The highest BCUT2D eigenvalue weighted by Gasteiger charge is 2.35. The Bertz CT molecular complexity index is 864. The summed E-state index contributed by atoms with van der Waals surface area (Å²) in [4.78, 5) is 0.806. The van der Waals surface area contributed by atoms with Gasteiger partial charge in [-0.3, -0.25) is 0 Å². The summed E-state index contributed by atoms with van der Waals surface area (Å²) in [7, 11) is -1.19. The highest BCUT2D eigenvalue weighted by Crippen LogP contribution is 2.36. The number of nitrogens with one attached hydrogen (secondary N) is 1. The molecule has 0 aliphatic carbocycles. The minimum Gasteiger partial charge on any atom is -0.237 e. The maximum Gasteiger partial charge on any atom is 0.162 e. The predicted octanol–water partition coefficient (Wildman–Crippen LogP) is 4.97. The Morgan fingerprint density at radius 2 is 1.30 bits per heavy atom. The van der Waals surface area contributed by atoms with Gasteiger partial charge in [-0.2, -0.15) is 0 Å². The molecular weight excluding hydrogens is 370 g/mol. The standard InChI is InChI=1S/C23H26NOS2/c1-18-14-16-21(17-15-18)27(25)24-22(19-10-6-4-7-11-19)23(26(2)3)20-12-8-5-9-13-20/h4-17,22-24H,1-3H3/q+1/t22-,23+,27?/m1/s1. The lowest BCUT2D eigenvalue weighted by atomic mass is 9.99. The van der Waals surface area contributed by atoms with Gasteiger partial charge in [-0.05, 0) is 35.5 Å². The molecule has 3 aromatic rings. The molecule has 0 aliphatic rings. The largest absolute Gasteiger partial charge is 0.237 e. The maximum atomic E-state index is 13.1. The molecule has 4 heteroatoms. The van der Waals surface area contributed by atoms with Gasteiger partial charge in [0.1, 0.15) is 11.0 Å². The van der Waals surface area contributed by atoms with Crippen LogP contribution < -0.4 is 4.72 Å². The number of hydrogen-bond acceptors (Lipinski definition) is 1. The molecule has 3 aromatic carbocycles. The fourth-order valence-electron chi connectivity index (χ4n) is 3.19. The van der Waals surface area contributed by atoms with Crippen molar-refractivity contribution in [2.75, 3.05) is 12.5 Å². The van der Waals surface area contributed by atoms with Crippen molar-refractivity contribution in [3.63, 3.8) is 0 Å². The SMILES string of the molecule is Cc1ccc(S(=O)N[C@H](c2ccccc2)[C@H](c2ccccc2)[S+](C)C)cc1. The predicted molar refractivity (Wildman–Crippen MR) is 118 cm³/mol. The Morgan fingerprint density at radius 3 is 1.81 bits per heavy atom. The van der Waals surface area contributed by atoms with Crippen LogP contribution in [0.25, 0.3) is 0 Å². The topological polar surface area (TPSA) is 29.1 Å². The molecule has 2 nitrogen and oxygen atoms in total. The molecule has 0 bridgehead atoms. The summed E-state index contributed by atoms with van der Waals surface area (Å²) in [5, 5.41) is 0.239. The molecule has 0 saturated carbocycles. The molecule has 0 saturated heterocycles. The highest BCUT2D eigenvalue weighted by atomic mass is 32.2. The number of hydrogen-bond donors (Lipinski definition) is 1. The highest BCUT2D eigenvalue weighted by molar-refractivity contribution is 7.95. The summed E-state index contributed by atoms with van der Waals surface area (Å²) in [5.41, 5.74) is 3.60. The van der Waals surface area contributed by atoms with Crippen molar-refractivity contribution in [2.45, 2.75) is 23.1 Å². The first kappa shape index (κ1) is 19.9. The minimum atomic E-state index is -1.28. The molecule has 0 spiro atoms. The van der Waals surface area contributed by atoms with Gasteiger partial charge in [0.05, 0.1) is 23.4 Å². The summed E-state index contributed by atoms with van der Waals surface area (Å²) in [5.74, 6) is 0. The van der Waals surface area contributed by atoms with Crippen LogP contribution in [0.4, 0.5) is 0 Å². The zero-order chi connectivity index (χ0) is 19.2. The third-order valence-electron chi connectivity index (χ3n) is 4.57. The van der Waals surface area contributed by atoms with Gasteiger partial charge in [0.15, 0.2) is 5.25 Å². The van der Waals surface area contributed by atoms with Gasteiger partial charge in [-0.15, -0.1) is 0 Å². The average Bonchev–Trinajstić information content (AvgIpc) is 2.69. The third-order valence-corrected chi connectivity index (χ3v) is 7.29. The molecule has 27 heavy (non-hydrogen) atoms. The van der Waals surface area contributed by atoms with Crippen molar-refractivity contribution >= 4 is 21.9 Å². The fourth-order valence-corrected chi connectivity index (χ4v) is 5.77. The lowest BCUT2D eigenvalue weighted by molar-refractivity contribution is 0.615. The van der Waals surface area contributed by atoms with Crippen LogP contribution in [0.2, 0.25) is 0 Å². The second-order valence-electron chi connectivity index (χ2n) is 6.80. The second-order valence-corrected chi connectivity index (χ2v) is 10.3. The van der Waals surface area contributed by atoms with Crippen LogP contribution in [0.1, 0.15) is 28.0 Å². The van der Waals surface area contributed by atoms with Crippen LogP contribution in [-0.2, 0) is 21.9 Å². The van der Waals surface area contributed by atoms with Crippen molar-refractivity contribution in [3.8, 4) is 0 Å². The third kappa shape index (κ3) is 5.10. The summed E-state index contributed by atoms with van der Waals surface area (Å²) in [6.07, 6.45) is 4.51. The van der Waals surface area contributed by atoms with Crippen LogP contribution in [0.15, 0.2) is 89.8 Å². The molecule has 0 radical (unpaired) electrons. The molecule has 0 heterocycles. The quantitative estimate of drug-likeness (QED) is 0.562. The van der Waals surface area contributed by atoms with Crippen molar-refractivity contribution in [2.24, 2.45) is 0 Å². The number of rotatable bonds is 7. The zero-order valence-corrected chi connectivity index (χ0v) is 17.6. The molecule has 3 rings (SSSR count). The van der Waals surface area contributed by atoms with E-state index in [9.17, 15) is 4.21 Å². The van der Waals surface area contributed by atoms with E-state index in [1.807, 2.05) is 55.5 Å². The van der Waals surface area contributed by atoms with Gasteiger partial charge in [0.25, 0.3) is 0 Å². The van der Waals surface area contributed by atoms with E-state index in [2.05, 4.69) is 53.6 Å². The maximum absolute atomic E-state index is 13.1. The molecule has 0 aliphatic heterocycles. The van der Waals surface area contributed by atoms with E-state index in [4.69, 9.17) is 0 Å². The van der Waals surface area contributed by atoms with E-state index >= 15 is 0 Å². The van der Waals surface area contributed by atoms with Gasteiger partial charge in [-0.1, -0.05) is 78.4 Å². The van der Waals surface area contributed by atoms with E-state index < -0.39 is 11.0 Å². The molecular formula is C23H26NOS2+. The smallest absolute Gasteiger partial charge is 0.162 e. The van der Waals surface area contributed by atoms with Crippen LogP contribution in [-0.4, -0.2) is 16.7 Å². The lowest BCUT2D eigenvalue weighted by Crippen LogP contribution is -2.32. The van der Waals surface area contributed by atoms with Gasteiger partial charge < -0.3 is 0 Å². The molecule has 0 amide bonds. The molecule has 3 atom stereocenters. The first-order valence-electron chi connectivity index (χ1n) is 8.97. The molecule has 1 unspecified atom stereocenters. The van der Waals surface area contributed by atoms with Crippen LogP contribution >= 0.6 is 0 Å². The zero-order valence-electron chi connectivity index (χ0n) is 16.0. The number of aryl methyl sites for hydroxylation is 1. The fraction of sp³-hybridized carbons (Fsp3) is 0.217. The summed E-state index contributed by atoms with van der Waals surface area (Å²) in [6, 6.07) is 28.7. The van der Waals surface area contributed by atoms with Gasteiger partial charge in [-0.25, -0.2) is 8.93 Å². The summed E-state index contributed by atoms with van der Waals surface area (Å²) < 4.78 is 16.5. The van der Waals surface area contributed by atoms with Crippen molar-refractivity contribution in [1.82, 2.24) is 4.72 Å². The van der Waals surface area contributed by atoms with Crippen molar-refractivity contribution in [1.29, 1.82) is 0 Å². The lowest BCUT2D eigenvalue weighted by Gasteiger charge is -2.26. The van der Waals surface area contributed by atoms with Crippen molar-refractivity contribution < 1.29 is 4.21 Å². The Labute approximate surface area is 168 Å². The van der Waals surface area contributed by atoms with Gasteiger partial charge in [0, 0.05) is 5.56 Å². The van der Waals surface area contributed by atoms with E-state index in [0.717, 1.165) is 10.5 Å². The van der Waals surface area contributed by atoms with Crippen LogP contribution in [0.3, 0.4) is 0 Å². The molecule has 1 N–H and O–H groups in total. The Morgan fingerprint density at radius 1 is 0.778 bits per heavy atom. The first-order chi connectivity index (χ1) is 13.1. The van der Waals surface area contributed by atoms with E-state index in [1.54, 1.807) is 0 Å². The Kier molecular flexibility index (Phi) is 6.89. The van der Waals surface area contributed by atoms with Gasteiger partial charge in [0.2, 0.25) is 0 Å². The Balaban J connectivity index is 1.98. The van der Waals surface area contributed by atoms with Gasteiger partial charge >= 0.3 is 0 Å². The van der Waals surface area contributed by atoms with Crippen molar-refractivity contribution in [3.05, 3.63) is 102 Å². The Hall–Kier alpha value is -1.88. The average molecular weight is 397 g/mol. The molecule has 0 fully saturated rings. The van der Waals surface area contributed by atoms with E-state index in [0.29, 0.717) is 0 Å². The summed E-state index contributed by atoms with van der Waals surface area (Å²) in [6.45, 7) is 2.04. The summed E-state index contributed by atoms with van der Waals surface area (Å²) >= 11 is 0. The van der Waals surface area contributed by atoms with E-state index in [-0.39, 0.29) is 22.2 Å². The normalized spacial score (nSPS) is 14.7. The molecule has 0 aromatic heterocycles. The van der Waals surface area contributed by atoms with Crippen LogP contribution in [0.5, 0.6) is 0 Å². The second kappa shape index (κ2) is 9.36. The minimum absolute atomic E-state index is 0.0333. The van der Waals surface area contributed by atoms with E-state index in [1.165, 1.54) is 11.1 Å². The molecule has 140 valence electrons. The monoisotopic (exact) mass is 396 g/mol.